The first-order valence-corrected chi connectivity index (χ1v) is 5.24. The van der Waals surface area contributed by atoms with Crippen LogP contribution in [0.15, 0.2) is 23.9 Å². The van der Waals surface area contributed by atoms with E-state index in [2.05, 4.69) is 5.32 Å². The van der Waals surface area contributed by atoms with Crippen LogP contribution in [0.2, 0.25) is 10.0 Å². The van der Waals surface area contributed by atoms with Crippen LogP contribution >= 0.6 is 23.2 Å². The van der Waals surface area contributed by atoms with Crippen molar-refractivity contribution in [1.82, 2.24) is 0 Å². The average Bonchev–Trinajstić information content (AvgIpc) is 2.32. The third-order valence-corrected chi connectivity index (χ3v) is 2.53. The lowest BCUT2D eigenvalue weighted by molar-refractivity contribution is 0.0697. The molecule has 0 radical (unpaired) electrons. The monoisotopic (exact) mass is 281 g/mol. The van der Waals surface area contributed by atoms with Gasteiger partial charge in [0.25, 0.3) is 0 Å². The number of hydrogen-bond acceptors (Lipinski definition) is 4. The number of carboxylic acids is 1. The first kappa shape index (κ1) is 13.9. The molecule has 90 valence electrons. The van der Waals surface area contributed by atoms with Crippen molar-refractivity contribution in [3.8, 4) is 12.1 Å². The van der Waals surface area contributed by atoms with Crippen molar-refractivity contribution in [2.75, 3.05) is 5.32 Å². The molecule has 0 unspecified atom stereocenters. The fraction of sp³-hybridized carbons (Fsp3) is 0. The third-order valence-electron chi connectivity index (χ3n) is 1.90. The number of nitrogens with one attached hydrogen (secondary N) is 1. The lowest BCUT2D eigenvalue weighted by atomic mass is 10.2. The zero-order valence-corrected chi connectivity index (χ0v) is 10.2. The summed E-state index contributed by atoms with van der Waals surface area (Å²) in [6.07, 6.45) is 1.13. The van der Waals surface area contributed by atoms with Gasteiger partial charge in [-0.2, -0.15) is 10.5 Å². The van der Waals surface area contributed by atoms with E-state index in [-0.39, 0.29) is 26.9 Å². The van der Waals surface area contributed by atoms with Crippen molar-refractivity contribution in [3.05, 3.63) is 39.5 Å². The maximum atomic E-state index is 10.9. The van der Waals surface area contributed by atoms with E-state index in [0.29, 0.717) is 0 Å². The highest BCUT2D eigenvalue weighted by Gasteiger charge is 2.12. The molecule has 18 heavy (non-hydrogen) atoms. The van der Waals surface area contributed by atoms with Crippen molar-refractivity contribution in [1.29, 1.82) is 10.5 Å². The molecule has 0 aliphatic rings. The fourth-order valence-corrected chi connectivity index (χ4v) is 1.58. The van der Waals surface area contributed by atoms with Crippen LogP contribution in [-0.2, 0) is 0 Å². The van der Waals surface area contributed by atoms with Crippen LogP contribution < -0.4 is 5.32 Å². The molecule has 0 saturated carbocycles. The highest BCUT2D eigenvalue weighted by molar-refractivity contribution is 6.38. The molecule has 0 bridgehead atoms. The molecular formula is C11H5Cl2N3O2. The van der Waals surface area contributed by atoms with Crippen molar-refractivity contribution in [3.63, 3.8) is 0 Å². The van der Waals surface area contributed by atoms with Gasteiger partial charge in [0.1, 0.15) is 17.7 Å². The number of carbonyl (C=O) groups is 1. The minimum absolute atomic E-state index is 0.00261. The number of nitrogens with zero attached hydrogens (tertiary/aromatic N) is 2. The Kier molecular flexibility index (Phi) is 4.56. The second-order valence-electron chi connectivity index (χ2n) is 3.04. The van der Waals surface area contributed by atoms with Crippen LogP contribution in [0.25, 0.3) is 0 Å². The van der Waals surface area contributed by atoms with Gasteiger partial charge in [-0.05, 0) is 12.1 Å². The zero-order valence-electron chi connectivity index (χ0n) is 8.74. The van der Waals surface area contributed by atoms with Crippen molar-refractivity contribution >= 4 is 34.9 Å². The molecule has 0 spiro atoms. The smallest absolute Gasteiger partial charge is 0.337 e. The SMILES string of the molecule is N#CC(C#N)=CNc1cc(C(=O)O)c(Cl)cc1Cl. The van der Waals surface area contributed by atoms with Gasteiger partial charge < -0.3 is 10.4 Å². The average molecular weight is 282 g/mol. The van der Waals surface area contributed by atoms with Crippen LogP contribution in [0.3, 0.4) is 0 Å². The highest BCUT2D eigenvalue weighted by atomic mass is 35.5. The van der Waals surface area contributed by atoms with Gasteiger partial charge in [0.05, 0.1) is 21.3 Å². The molecule has 0 heterocycles. The van der Waals surface area contributed by atoms with E-state index in [9.17, 15) is 4.79 Å². The summed E-state index contributed by atoms with van der Waals surface area (Å²) in [5, 5.41) is 28.7. The molecule has 1 aromatic carbocycles. The van der Waals surface area contributed by atoms with Gasteiger partial charge in [0, 0.05) is 6.20 Å². The highest BCUT2D eigenvalue weighted by Crippen LogP contribution is 2.29. The first-order valence-electron chi connectivity index (χ1n) is 4.48. The van der Waals surface area contributed by atoms with Gasteiger partial charge in [0.2, 0.25) is 0 Å². The van der Waals surface area contributed by atoms with Crippen LogP contribution in [0.4, 0.5) is 5.69 Å². The van der Waals surface area contributed by atoms with Gasteiger partial charge in [-0.25, -0.2) is 4.79 Å². The molecule has 0 aromatic heterocycles. The second kappa shape index (κ2) is 5.92. The summed E-state index contributed by atoms with van der Waals surface area (Å²) in [6.45, 7) is 0. The van der Waals surface area contributed by atoms with E-state index in [4.69, 9.17) is 38.8 Å². The summed E-state index contributed by atoms with van der Waals surface area (Å²) < 4.78 is 0. The number of anilines is 1. The Hall–Kier alpha value is -2.21. The van der Waals surface area contributed by atoms with Crippen LogP contribution in [0.5, 0.6) is 0 Å². The molecule has 1 aromatic rings. The molecule has 1 rings (SSSR count). The fourth-order valence-electron chi connectivity index (χ4n) is 1.06. The van der Waals surface area contributed by atoms with Crippen molar-refractivity contribution in [2.24, 2.45) is 0 Å². The van der Waals surface area contributed by atoms with Crippen molar-refractivity contribution < 1.29 is 9.90 Å². The number of carboxylic acid groups (broad SMARTS) is 1. The summed E-state index contributed by atoms with van der Waals surface area (Å²) in [5.41, 5.74) is -0.0632. The quantitative estimate of drug-likeness (QED) is 0.830. The Labute approximate surface area is 112 Å². The standard InChI is InChI=1S/C11H5Cl2N3O2/c12-8-2-9(13)10(1-7(8)11(17)18)16-5-6(3-14)4-15/h1-2,5,16H,(H,17,18). The van der Waals surface area contributed by atoms with Gasteiger partial charge in [-0.3, -0.25) is 0 Å². The number of halogens is 2. The summed E-state index contributed by atoms with van der Waals surface area (Å²) >= 11 is 11.5. The van der Waals surface area contributed by atoms with E-state index >= 15 is 0 Å². The predicted molar refractivity (Wildman–Crippen MR) is 66.4 cm³/mol. The van der Waals surface area contributed by atoms with Crippen LogP contribution in [-0.4, -0.2) is 11.1 Å². The summed E-state index contributed by atoms with van der Waals surface area (Å²) in [5.74, 6) is -1.20. The zero-order chi connectivity index (χ0) is 13.7. The predicted octanol–water partition coefficient (Wildman–Crippen LogP) is 3.03. The van der Waals surface area contributed by atoms with Gasteiger partial charge in [0.15, 0.2) is 0 Å². The van der Waals surface area contributed by atoms with E-state index in [1.165, 1.54) is 12.1 Å². The summed E-state index contributed by atoms with van der Waals surface area (Å²) in [6, 6.07) is 5.77. The molecule has 0 amide bonds. The molecule has 0 saturated heterocycles. The van der Waals surface area contributed by atoms with Gasteiger partial charge >= 0.3 is 5.97 Å². The third kappa shape index (κ3) is 3.14. The lowest BCUT2D eigenvalue weighted by Crippen LogP contribution is -2.00. The number of nitriles is 2. The minimum atomic E-state index is -1.20. The molecule has 7 heteroatoms. The maximum Gasteiger partial charge on any atom is 0.337 e. The Morgan fingerprint density at radius 1 is 1.28 bits per heavy atom. The molecule has 0 fully saturated rings. The van der Waals surface area contributed by atoms with E-state index in [0.717, 1.165) is 6.20 Å². The van der Waals surface area contributed by atoms with Crippen molar-refractivity contribution in [2.45, 2.75) is 0 Å². The maximum absolute atomic E-state index is 10.9. The molecule has 5 nitrogen and oxygen atoms in total. The number of allylic oxidation sites excluding steroid dienone is 1. The van der Waals surface area contributed by atoms with Gasteiger partial charge in [-0.15, -0.1) is 0 Å². The number of benzene rings is 1. The molecule has 0 aliphatic carbocycles. The van der Waals surface area contributed by atoms with Gasteiger partial charge in [-0.1, -0.05) is 23.2 Å². The molecule has 2 N–H and O–H groups in total. The van der Waals surface area contributed by atoms with E-state index in [1.54, 1.807) is 12.1 Å². The first-order chi connectivity index (χ1) is 8.49. The minimum Gasteiger partial charge on any atom is -0.478 e. The molecule has 0 aliphatic heterocycles. The number of aromatic carboxylic acids is 1. The van der Waals surface area contributed by atoms with Crippen LogP contribution in [0.1, 0.15) is 10.4 Å². The van der Waals surface area contributed by atoms with E-state index < -0.39 is 5.97 Å². The molecular weight excluding hydrogens is 277 g/mol. The topological polar surface area (TPSA) is 96.9 Å². The number of hydrogen-bond donors (Lipinski definition) is 2. The Bertz CT molecular complexity index is 596. The second-order valence-corrected chi connectivity index (χ2v) is 3.86. The normalized spacial score (nSPS) is 8.89. The summed E-state index contributed by atoms with van der Waals surface area (Å²) in [4.78, 5) is 10.9. The Balaban J connectivity index is 3.16. The Morgan fingerprint density at radius 3 is 2.39 bits per heavy atom. The van der Waals surface area contributed by atoms with Crippen LogP contribution in [0, 0.1) is 22.7 Å². The largest absolute Gasteiger partial charge is 0.478 e. The van der Waals surface area contributed by atoms with E-state index in [1.807, 2.05) is 0 Å². The molecule has 0 atom stereocenters. The Morgan fingerprint density at radius 2 is 1.89 bits per heavy atom. The summed E-state index contributed by atoms with van der Waals surface area (Å²) in [7, 11) is 0. The lowest BCUT2D eigenvalue weighted by Gasteiger charge is -2.07. The number of rotatable bonds is 3.